The van der Waals surface area contributed by atoms with Gasteiger partial charge in [0.1, 0.15) is 12.3 Å². The molecule has 3 amide bonds. The molecule has 0 saturated heterocycles. The summed E-state index contributed by atoms with van der Waals surface area (Å²) in [7, 11) is 1.58. The van der Waals surface area contributed by atoms with Crippen molar-refractivity contribution in [3.05, 3.63) is 54.1 Å². The minimum Gasteiger partial charge on any atom is -0.497 e. The van der Waals surface area contributed by atoms with E-state index in [0.29, 0.717) is 17.1 Å². The first kappa shape index (κ1) is 26.4. The van der Waals surface area contributed by atoms with Crippen LogP contribution in [0.2, 0.25) is 0 Å². The average Bonchev–Trinajstić information content (AvgIpc) is 3.00. The highest BCUT2D eigenvalue weighted by Gasteiger charge is 2.36. The molecular weight excluding hydrogens is 468 g/mol. The van der Waals surface area contributed by atoms with E-state index in [0.717, 1.165) is 37.0 Å². The topological polar surface area (TPSA) is 91.3 Å². The predicted octanol–water partition coefficient (Wildman–Crippen LogP) is 5.48. The van der Waals surface area contributed by atoms with Gasteiger partial charge < -0.3 is 10.1 Å². The lowest BCUT2D eigenvalue weighted by Gasteiger charge is -2.28. The lowest BCUT2D eigenvalue weighted by atomic mass is 9.83. The standard InChI is InChI=1S/C29H36N4O4/c1-29(2,3)25(34)18-32-24-13-9-8-12-23(24)27(20-10-6-5-7-11-20)31-33(28(32)36)19-26(35)30-21-14-16-22(37-4)17-15-21/h8-9,12-17,20H,5-7,10-11,18-19H2,1-4H3,(H,30,35). The summed E-state index contributed by atoms with van der Waals surface area (Å²) >= 11 is 0. The quantitative estimate of drug-likeness (QED) is 0.541. The largest absolute Gasteiger partial charge is 0.497 e. The maximum atomic E-state index is 13.9. The average molecular weight is 505 g/mol. The van der Waals surface area contributed by atoms with Gasteiger partial charge in [-0.25, -0.2) is 9.80 Å². The number of Topliss-reactive ketones (excluding diaryl/α,β-unsaturated/α-hetero) is 1. The summed E-state index contributed by atoms with van der Waals surface area (Å²) in [5.41, 5.74) is 2.29. The molecule has 0 aromatic heterocycles. The Bertz CT molecular complexity index is 1180. The van der Waals surface area contributed by atoms with Crippen LogP contribution in [0.5, 0.6) is 5.75 Å². The molecule has 1 heterocycles. The Kier molecular flexibility index (Phi) is 7.95. The number of anilines is 2. The van der Waals surface area contributed by atoms with Gasteiger partial charge in [0.2, 0.25) is 5.91 Å². The van der Waals surface area contributed by atoms with E-state index in [9.17, 15) is 14.4 Å². The molecule has 0 bridgehead atoms. The number of rotatable bonds is 7. The summed E-state index contributed by atoms with van der Waals surface area (Å²) in [6.45, 7) is 5.16. The van der Waals surface area contributed by atoms with Gasteiger partial charge in [-0.05, 0) is 43.2 Å². The van der Waals surface area contributed by atoms with Crippen molar-refractivity contribution in [1.82, 2.24) is 5.01 Å². The highest BCUT2D eigenvalue weighted by atomic mass is 16.5. The summed E-state index contributed by atoms with van der Waals surface area (Å²) in [6, 6.07) is 14.1. The van der Waals surface area contributed by atoms with Crippen molar-refractivity contribution < 1.29 is 19.1 Å². The number of carbonyl (C=O) groups is 3. The molecule has 4 rings (SSSR count). The summed E-state index contributed by atoms with van der Waals surface area (Å²) in [6.07, 6.45) is 5.35. The zero-order chi connectivity index (χ0) is 26.6. The number of fused-ring (bicyclic) bond motifs is 1. The van der Waals surface area contributed by atoms with Crippen LogP contribution < -0.4 is 15.0 Å². The molecule has 1 aliphatic carbocycles. The second kappa shape index (κ2) is 11.2. The molecule has 2 aromatic carbocycles. The maximum absolute atomic E-state index is 13.9. The lowest BCUT2D eigenvalue weighted by molar-refractivity contribution is -0.124. The maximum Gasteiger partial charge on any atom is 0.345 e. The van der Waals surface area contributed by atoms with Crippen molar-refractivity contribution in [2.75, 3.05) is 30.4 Å². The number of hydrogen-bond donors (Lipinski definition) is 1. The number of methoxy groups -OCH3 is 1. The Morgan fingerprint density at radius 2 is 1.68 bits per heavy atom. The molecule has 2 aliphatic rings. The summed E-state index contributed by atoms with van der Waals surface area (Å²) in [4.78, 5) is 41.5. The number of benzene rings is 2. The molecule has 1 N–H and O–H groups in total. The molecule has 196 valence electrons. The van der Waals surface area contributed by atoms with Crippen LogP contribution in [0.1, 0.15) is 58.4 Å². The van der Waals surface area contributed by atoms with E-state index in [1.54, 1.807) is 31.4 Å². The summed E-state index contributed by atoms with van der Waals surface area (Å²) in [5.74, 6) is 0.421. The van der Waals surface area contributed by atoms with Crippen LogP contribution in [0.25, 0.3) is 0 Å². The van der Waals surface area contributed by atoms with Crippen molar-refractivity contribution in [3.63, 3.8) is 0 Å². The van der Waals surface area contributed by atoms with E-state index < -0.39 is 11.4 Å². The Morgan fingerprint density at radius 1 is 1.00 bits per heavy atom. The Balaban J connectivity index is 1.68. The minimum atomic E-state index is -0.620. The zero-order valence-electron chi connectivity index (χ0n) is 22.1. The second-order valence-corrected chi connectivity index (χ2v) is 10.7. The summed E-state index contributed by atoms with van der Waals surface area (Å²) in [5, 5.41) is 8.87. The molecule has 37 heavy (non-hydrogen) atoms. The van der Waals surface area contributed by atoms with Crippen LogP contribution in [0.4, 0.5) is 16.2 Å². The van der Waals surface area contributed by atoms with Gasteiger partial charge in [-0.1, -0.05) is 58.2 Å². The molecule has 2 aromatic rings. The minimum absolute atomic E-state index is 0.0700. The number of hydrazone groups is 1. The van der Waals surface area contributed by atoms with Gasteiger partial charge in [-0.3, -0.25) is 14.5 Å². The van der Waals surface area contributed by atoms with Crippen molar-refractivity contribution in [3.8, 4) is 5.75 Å². The van der Waals surface area contributed by atoms with Crippen molar-refractivity contribution in [1.29, 1.82) is 0 Å². The number of nitrogens with one attached hydrogen (secondary N) is 1. The van der Waals surface area contributed by atoms with E-state index in [1.165, 1.54) is 16.3 Å². The smallest absolute Gasteiger partial charge is 0.345 e. The highest BCUT2D eigenvalue weighted by molar-refractivity contribution is 6.13. The SMILES string of the molecule is COc1ccc(NC(=O)CN2N=C(C3CCCCC3)c3ccccc3N(CC(=O)C(C)(C)C)C2=O)cc1. The third-order valence-corrected chi connectivity index (χ3v) is 6.95. The van der Waals surface area contributed by atoms with Crippen LogP contribution >= 0.6 is 0 Å². The van der Waals surface area contributed by atoms with E-state index in [2.05, 4.69) is 5.32 Å². The number of para-hydroxylation sites is 1. The second-order valence-electron chi connectivity index (χ2n) is 10.7. The van der Waals surface area contributed by atoms with Gasteiger partial charge in [-0.2, -0.15) is 5.10 Å². The van der Waals surface area contributed by atoms with Gasteiger partial charge >= 0.3 is 6.03 Å². The highest BCUT2D eigenvalue weighted by Crippen LogP contribution is 2.34. The number of ketones is 1. The van der Waals surface area contributed by atoms with Gasteiger partial charge in [0.15, 0.2) is 5.78 Å². The molecule has 0 radical (unpaired) electrons. The third-order valence-electron chi connectivity index (χ3n) is 6.95. The molecule has 0 atom stereocenters. The van der Waals surface area contributed by atoms with Gasteiger partial charge in [0.05, 0.1) is 25.1 Å². The van der Waals surface area contributed by atoms with E-state index in [4.69, 9.17) is 9.84 Å². The fourth-order valence-electron chi connectivity index (χ4n) is 4.72. The number of nitrogens with zero attached hydrogens (tertiary/aromatic N) is 3. The number of urea groups is 1. The van der Waals surface area contributed by atoms with Crippen LogP contribution in [0, 0.1) is 11.3 Å². The first-order valence-corrected chi connectivity index (χ1v) is 12.9. The molecule has 8 nitrogen and oxygen atoms in total. The molecule has 1 aliphatic heterocycles. The first-order chi connectivity index (χ1) is 17.7. The number of carbonyl (C=O) groups excluding carboxylic acids is 3. The lowest BCUT2D eigenvalue weighted by Crippen LogP contribution is -2.47. The van der Waals surface area contributed by atoms with Gasteiger partial charge in [-0.15, -0.1) is 0 Å². The van der Waals surface area contributed by atoms with E-state index >= 15 is 0 Å². The Hall–Kier alpha value is -3.68. The molecule has 0 unspecified atom stereocenters. The van der Waals surface area contributed by atoms with Crippen molar-refractivity contribution in [2.45, 2.75) is 52.9 Å². The number of amides is 3. The van der Waals surface area contributed by atoms with E-state index in [-0.39, 0.29) is 30.7 Å². The van der Waals surface area contributed by atoms with E-state index in [1.807, 2.05) is 45.0 Å². The van der Waals surface area contributed by atoms with Gasteiger partial charge in [0.25, 0.3) is 0 Å². The molecule has 0 spiro atoms. The molecular formula is C29H36N4O4. The molecule has 1 saturated carbocycles. The number of hydrogen-bond acceptors (Lipinski definition) is 5. The monoisotopic (exact) mass is 504 g/mol. The Labute approximate surface area is 218 Å². The number of ether oxygens (including phenoxy) is 1. The van der Waals surface area contributed by atoms with Crippen LogP contribution in [0.15, 0.2) is 53.6 Å². The molecule has 1 fully saturated rings. The summed E-state index contributed by atoms with van der Waals surface area (Å²) < 4.78 is 5.17. The molecule has 8 heteroatoms. The van der Waals surface area contributed by atoms with Gasteiger partial charge in [0, 0.05) is 22.6 Å². The van der Waals surface area contributed by atoms with Crippen LogP contribution in [0.3, 0.4) is 0 Å². The van der Waals surface area contributed by atoms with Crippen LogP contribution in [-0.4, -0.2) is 48.6 Å². The zero-order valence-corrected chi connectivity index (χ0v) is 22.1. The fraction of sp³-hybridized carbons (Fsp3) is 0.448. The van der Waals surface area contributed by atoms with Crippen LogP contribution in [-0.2, 0) is 9.59 Å². The first-order valence-electron chi connectivity index (χ1n) is 12.9. The third kappa shape index (κ3) is 6.18. The normalized spacial score (nSPS) is 16.5. The predicted molar refractivity (Wildman–Crippen MR) is 145 cm³/mol. The Morgan fingerprint density at radius 3 is 2.32 bits per heavy atom. The van der Waals surface area contributed by atoms with Crippen molar-refractivity contribution >= 4 is 34.8 Å². The van der Waals surface area contributed by atoms with Crippen molar-refractivity contribution in [2.24, 2.45) is 16.4 Å². The fourth-order valence-corrected chi connectivity index (χ4v) is 4.72.